The molecule has 0 rings (SSSR count). The Kier molecular flexibility index (Phi) is 6.76. The minimum Gasteiger partial charge on any atom is -0.463 e. The van der Waals surface area contributed by atoms with Gasteiger partial charge in [0, 0.05) is 13.0 Å². The van der Waals surface area contributed by atoms with Crippen LogP contribution in [0.2, 0.25) is 0 Å². The minimum atomic E-state index is -0.135. The molecular weight excluding hydrogens is 156 g/mol. The molecule has 0 saturated carbocycles. The van der Waals surface area contributed by atoms with Crippen molar-refractivity contribution in [3.8, 4) is 0 Å². The summed E-state index contributed by atoms with van der Waals surface area (Å²) in [7, 11) is 0. The normalized spacial score (nSPS) is 12.6. The first-order valence-corrected chi connectivity index (χ1v) is 4.47. The molecule has 0 aliphatic carbocycles. The van der Waals surface area contributed by atoms with E-state index in [0.29, 0.717) is 19.6 Å². The molecule has 3 nitrogen and oxygen atoms in total. The Morgan fingerprint density at radius 2 is 2.08 bits per heavy atom. The quantitative estimate of drug-likeness (QED) is 0.575. The average molecular weight is 174 g/mol. The van der Waals surface area contributed by atoms with Crippen LogP contribution in [0.4, 0.5) is 0 Å². The van der Waals surface area contributed by atoms with Crippen LogP contribution in [-0.2, 0) is 14.3 Å². The maximum absolute atomic E-state index is 10.9. The number of hydrogen-bond acceptors (Lipinski definition) is 3. The first-order chi connectivity index (χ1) is 5.70. The van der Waals surface area contributed by atoms with Gasteiger partial charge in [0.1, 0.15) is 6.61 Å². The van der Waals surface area contributed by atoms with Crippen molar-refractivity contribution in [1.29, 1.82) is 0 Å². The molecule has 1 unspecified atom stereocenters. The van der Waals surface area contributed by atoms with Gasteiger partial charge < -0.3 is 9.47 Å². The highest BCUT2D eigenvalue weighted by Gasteiger charge is 2.05. The molecule has 0 amide bonds. The van der Waals surface area contributed by atoms with Crippen molar-refractivity contribution < 1.29 is 14.3 Å². The number of ether oxygens (including phenoxy) is 2. The third-order valence-electron chi connectivity index (χ3n) is 1.38. The minimum absolute atomic E-state index is 0.0100. The van der Waals surface area contributed by atoms with Crippen LogP contribution in [0.15, 0.2) is 0 Å². The van der Waals surface area contributed by atoms with Crippen LogP contribution in [0.3, 0.4) is 0 Å². The fourth-order valence-corrected chi connectivity index (χ4v) is 0.819. The molecule has 0 aliphatic rings. The smallest absolute Gasteiger partial charge is 0.305 e. The van der Waals surface area contributed by atoms with Crippen LogP contribution in [0.25, 0.3) is 0 Å². The molecule has 1 atom stereocenters. The second-order valence-electron chi connectivity index (χ2n) is 2.70. The molecule has 3 heteroatoms. The van der Waals surface area contributed by atoms with Gasteiger partial charge in [-0.2, -0.15) is 0 Å². The molecule has 0 aromatic carbocycles. The summed E-state index contributed by atoms with van der Waals surface area (Å²) in [6, 6.07) is 0. The molecule has 0 saturated heterocycles. The summed E-state index contributed by atoms with van der Waals surface area (Å²) in [6.07, 6.45) is 1.34. The molecule has 0 radical (unpaired) electrons. The van der Waals surface area contributed by atoms with Gasteiger partial charge in [0.15, 0.2) is 0 Å². The third-order valence-corrected chi connectivity index (χ3v) is 1.38. The SMILES string of the molecule is CCCC(=O)OCC(C)OCC. The Bertz CT molecular complexity index is 123. The lowest BCUT2D eigenvalue weighted by molar-refractivity contribution is -0.147. The summed E-state index contributed by atoms with van der Waals surface area (Å²) in [5.74, 6) is -0.135. The van der Waals surface area contributed by atoms with E-state index in [4.69, 9.17) is 9.47 Å². The van der Waals surface area contributed by atoms with Gasteiger partial charge in [0.25, 0.3) is 0 Å². The molecule has 72 valence electrons. The summed E-state index contributed by atoms with van der Waals surface area (Å²) < 4.78 is 10.1. The van der Waals surface area contributed by atoms with E-state index in [1.807, 2.05) is 20.8 Å². The van der Waals surface area contributed by atoms with Crippen LogP contribution in [-0.4, -0.2) is 25.3 Å². The first-order valence-electron chi connectivity index (χ1n) is 4.47. The average Bonchev–Trinajstić information content (AvgIpc) is 2.02. The zero-order valence-electron chi connectivity index (χ0n) is 8.13. The van der Waals surface area contributed by atoms with E-state index in [9.17, 15) is 4.79 Å². The standard InChI is InChI=1S/C9H18O3/c1-4-6-9(10)12-7-8(3)11-5-2/h8H,4-7H2,1-3H3. The van der Waals surface area contributed by atoms with Crippen molar-refractivity contribution in [1.82, 2.24) is 0 Å². The van der Waals surface area contributed by atoms with E-state index < -0.39 is 0 Å². The van der Waals surface area contributed by atoms with Gasteiger partial charge in [0.2, 0.25) is 0 Å². The molecule has 0 heterocycles. The summed E-state index contributed by atoms with van der Waals surface area (Å²) in [5, 5.41) is 0. The van der Waals surface area contributed by atoms with E-state index in [-0.39, 0.29) is 12.1 Å². The van der Waals surface area contributed by atoms with E-state index in [2.05, 4.69) is 0 Å². The number of carbonyl (C=O) groups excluding carboxylic acids is 1. The molecule has 0 N–H and O–H groups in total. The largest absolute Gasteiger partial charge is 0.463 e. The Balaban J connectivity index is 3.33. The summed E-state index contributed by atoms with van der Waals surface area (Å²) in [4.78, 5) is 10.9. The Labute approximate surface area is 74.0 Å². The lowest BCUT2D eigenvalue weighted by Crippen LogP contribution is -2.18. The van der Waals surface area contributed by atoms with E-state index in [1.165, 1.54) is 0 Å². The van der Waals surface area contributed by atoms with Crippen LogP contribution in [0.1, 0.15) is 33.6 Å². The molecular formula is C9H18O3. The van der Waals surface area contributed by atoms with Crippen LogP contribution in [0, 0.1) is 0 Å². The second-order valence-corrected chi connectivity index (χ2v) is 2.70. The summed E-state index contributed by atoms with van der Waals surface area (Å²) >= 11 is 0. The van der Waals surface area contributed by atoms with Crippen LogP contribution < -0.4 is 0 Å². The van der Waals surface area contributed by atoms with Gasteiger partial charge >= 0.3 is 5.97 Å². The molecule has 12 heavy (non-hydrogen) atoms. The topological polar surface area (TPSA) is 35.5 Å². The predicted octanol–water partition coefficient (Wildman–Crippen LogP) is 1.75. The maximum Gasteiger partial charge on any atom is 0.305 e. The van der Waals surface area contributed by atoms with Gasteiger partial charge in [-0.15, -0.1) is 0 Å². The lowest BCUT2D eigenvalue weighted by Gasteiger charge is -2.11. The number of hydrogen-bond donors (Lipinski definition) is 0. The zero-order valence-corrected chi connectivity index (χ0v) is 8.13. The predicted molar refractivity (Wildman–Crippen MR) is 47.0 cm³/mol. The molecule has 0 aromatic rings. The van der Waals surface area contributed by atoms with Crippen molar-refractivity contribution >= 4 is 5.97 Å². The highest BCUT2D eigenvalue weighted by Crippen LogP contribution is 1.95. The fourth-order valence-electron chi connectivity index (χ4n) is 0.819. The van der Waals surface area contributed by atoms with Gasteiger partial charge in [-0.1, -0.05) is 6.92 Å². The highest BCUT2D eigenvalue weighted by atomic mass is 16.6. The Hall–Kier alpha value is -0.570. The lowest BCUT2D eigenvalue weighted by atomic mass is 10.3. The molecule has 0 fully saturated rings. The van der Waals surface area contributed by atoms with E-state index >= 15 is 0 Å². The fraction of sp³-hybridized carbons (Fsp3) is 0.889. The molecule has 0 bridgehead atoms. The van der Waals surface area contributed by atoms with Gasteiger partial charge in [-0.05, 0) is 20.3 Å². The number of rotatable bonds is 6. The Morgan fingerprint density at radius 1 is 1.42 bits per heavy atom. The highest BCUT2D eigenvalue weighted by molar-refractivity contribution is 5.69. The van der Waals surface area contributed by atoms with Crippen molar-refractivity contribution in [2.24, 2.45) is 0 Å². The molecule has 0 aromatic heterocycles. The monoisotopic (exact) mass is 174 g/mol. The molecule has 0 aliphatic heterocycles. The first kappa shape index (κ1) is 11.4. The van der Waals surface area contributed by atoms with Crippen LogP contribution >= 0.6 is 0 Å². The van der Waals surface area contributed by atoms with Crippen molar-refractivity contribution in [3.63, 3.8) is 0 Å². The van der Waals surface area contributed by atoms with Gasteiger partial charge in [-0.25, -0.2) is 0 Å². The van der Waals surface area contributed by atoms with Crippen molar-refractivity contribution in [2.45, 2.75) is 39.7 Å². The number of esters is 1. The maximum atomic E-state index is 10.9. The third kappa shape index (κ3) is 6.16. The van der Waals surface area contributed by atoms with E-state index in [1.54, 1.807) is 0 Å². The second kappa shape index (κ2) is 7.10. The zero-order chi connectivity index (χ0) is 9.40. The van der Waals surface area contributed by atoms with Crippen LogP contribution in [0.5, 0.6) is 0 Å². The van der Waals surface area contributed by atoms with Gasteiger partial charge in [0.05, 0.1) is 6.10 Å². The number of carbonyl (C=O) groups is 1. The van der Waals surface area contributed by atoms with Crippen molar-refractivity contribution in [3.05, 3.63) is 0 Å². The summed E-state index contributed by atoms with van der Waals surface area (Å²) in [6.45, 7) is 6.79. The Morgan fingerprint density at radius 3 is 2.58 bits per heavy atom. The molecule has 0 spiro atoms. The van der Waals surface area contributed by atoms with Gasteiger partial charge in [-0.3, -0.25) is 4.79 Å². The van der Waals surface area contributed by atoms with E-state index in [0.717, 1.165) is 6.42 Å². The summed E-state index contributed by atoms with van der Waals surface area (Å²) in [5.41, 5.74) is 0. The van der Waals surface area contributed by atoms with Crippen molar-refractivity contribution in [2.75, 3.05) is 13.2 Å².